The number of anilines is 1. The second-order valence-corrected chi connectivity index (χ2v) is 4.76. The molecular weight excluding hydrogens is 245 g/mol. The molecule has 19 heavy (non-hydrogen) atoms. The highest BCUT2D eigenvalue weighted by atomic mass is 19.1. The molecule has 0 atom stereocenters. The van der Waals surface area contributed by atoms with E-state index in [2.05, 4.69) is 17.6 Å². The number of hydrogen-bond acceptors (Lipinski definition) is 2. The Balaban J connectivity index is 1.84. The lowest BCUT2D eigenvalue weighted by Crippen LogP contribution is -2.46. The number of urea groups is 1. The highest BCUT2D eigenvalue weighted by Gasteiger charge is 2.22. The van der Waals surface area contributed by atoms with Crippen LogP contribution in [0.15, 0.2) is 24.3 Å². The number of amides is 2. The van der Waals surface area contributed by atoms with E-state index >= 15 is 0 Å². The first kappa shape index (κ1) is 13.8. The van der Waals surface area contributed by atoms with Crippen LogP contribution in [0.3, 0.4) is 0 Å². The minimum absolute atomic E-state index is 0.152. The molecule has 2 rings (SSSR count). The minimum atomic E-state index is -0.344. The van der Waals surface area contributed by atoms with Gasteiger partial charge in [-0.05, 0) is 37.6 Å². The van der Waals surface area contributed by atoms with E-state index in [0.717, 1.165) is 32.5 Å². The molecule has 2 N–H and O–H groups in total. The molecule has 1 saturated heterocycles. The van der Waals surface area contributed by atoms with Crippen LogP contribution in [0.2, 0.25) is 0 Å². The molecule has 0 radical (unpaired) electrons. The zero-order valence-corrected chi connectivity index (χ0v) is 11.2. The van der Waals surface area contributed by atoms with Gasteiger partial charge >= 0.3 is 6.03 Å². The number of nitrogens with one attached hydrogen (secondary N) is 2. The van der Waals surface area contributed by atoms with Crippen LogP contribution in [0, 0.1) is 5.82 Å². The fourth-order valence-electron chi connectivity index (χ4n) is 2.34. The van der Waals surface area contributed by atoms with Gasteiger partial charge < -0.3 is 15.5 Å². The smallest absolute Gasteiger partial charge is 0.321 e. The molecule has 0 unspecified atom stereocenters. The number of hydrogen-bond donors (Lipinski definition) is 2. The third-order valence-electron chi connectivity index (χ3n) is 3.35. The van der Waals surface area contributed by atoms with Gasteiger partial charge in [0.25, 0.3) is 0 Å². The molecule has 104 valence electrons. The summed E-state index contributed by atoms with van der Waals surface area (Å²) in [4.78, 5) is 13.8. The summed E-state index contributed by atoms with van der Waals surface area (Å²) in [6.45, 7) is 4.51. The van der Waals surface area contributed by atoms with Crippen molar-refractivity contribution in [1.82, 2.24) is 10.2 Å². The predicted octanol–water partition coefficient (Wildman–Crippen LogP) is 2.43. The minimum Gasteiger partial charge on any atom is -0.324 e. The van der Waals surface area contributed by atoms with Crippen molar-refractivity contribution in [2.45, 2.75) is 25.8 Å². The predicted molar refractivity (Wildman–Crippen MR) is 73.7 cm³/mol. The van der Waals surface area contributed by atoms with Gasteiger partial charge in [0.15, 0.2) is 0 Å². The van der Waals surface area contributed by atoms with Crippen LogP contribution in [-0.4, -0.2) is 36.6 Å². The number of nitrogens with zero attached hydrogens (tertiary/aromatic N) is 1. The van der Waals surface area contributed by atoms with Gasteiger partial charge in [0.1, 0.15) is 5.82 Å². The van der Waals surface area contributed by atoms with Crippen LogP contribution in [0.4, 0.5) is 14.9 Å². The Morgan fingerprint density at radius 1 is 1.42 bits per heavy atom. The maximum atomic E-state index is 13.0. The third kappa shape index (κ3) is 3.92. The molecule has 0 aliphatic carbocycles. The molecule has 1 fully saturated rings. The highest BCUT2D eigenvalue weighted by molar-refractivity contribution is 5.89. The molecule has 1 aliphatic heterocycles. The van der Waals surface area contributed by atoms with Gasteiger partial charge in [0.2, 0.25) is 0 Å². The zero-order valence-electron chi connectivity index (χ0n) is 11.2. The lowest BCUT2D eigenvalue weighted by atomic mass is 10.1. The van der Waals surface area contributed by atoms with E-state index in [1.165, 1.54) is 12.1 Å². The van der Waals surface area contributed by atoms with Crippen LogP contribution >= 0.6 is 0 Å². The van der Waals surface area contributed by atoms with Crippen LogP contribution in [-0.2, 0) is 0 Å². The van der Waals surface area contributed by atoms with Gasteiger partial charge in [-0.1, -0.05) is 13.0 Å². The van der Waals surface area contributed by atoms with Crippen molar-refractivity contribution in [1.29, 1.82) is 0 Å². The maximum Gasteiger partial charge on any atom is 0.321 e. The van der Waals surface area contributed by atoms with Crippen LogP contribution in [0.1, 0.15) is 19.8 Å². The molecular formula is C14H20FN3O. The summed E-state index contributed by atoms with van der Waals surface area (Å²) >= 11 is 0. The third-order valence-corrected chi connectivity index (χ3v) is 3.35. The largest absolute Gasteiger partial charge is 0.324 e. The lowest BCUT2D eigenvalue weighted by molar-refractivity contribution is 0.189. The molecule has 1 aromatic carbocycles. The second kappa shape index (κ2) is 6.52. The summed E-state index contributed by atoms with van der Waals surface area (Å²) in [6.07, 6.45) is 1.93. The van der Waals surface area contributed by atoms with Gasteiger partial charge in [-0.15, -0.1) is 0 Å². The van der Waals surface area contributed by atoms with E-state index < -0.39 is 0 Å². The second-order valence-electron chi connectivity index (χ2n) is 4.76. The Hall–Kier alpha value is -1.62. The number of carbonyl (C=O) groups excluding carboxylic acids is 1. The first-order valence-corrected chi connectivity index (χ1v) is 6.74. The number of benzene rings is 1. The fraction of sp³-hybridized carbons (Fsp3) is 0.500. The van der Waals surface area contributed by atoms with Crippen LogP contribution in [0.25, 0.3) is 0 Å². The first-order valence-electron chi connectivity index (χ1n) is 6.74. The number of piperidine rings is 1. The monoisotopic (exact) mass is 265 g/mol. The summed E-state index contributed by atoms with van der Waals surface area (Å²) in [5.41, 5.74) is 0.499. The summed E-state index contributed by atoms with van der Waals surface area (Å²) < 4.78 is 13.0. The molecule has 2 amide bonds. The van der Waals surface area contributed by atoms with Crippen molar-refractivity contribution < 1.29 is 9.18 Å². The highest BCUT2D eigenvalue weighted by Crippen LogP contribution is 2.14. The standard InChI is InChI=1S/C14H20FN3O/c1-2-16-12-6-8-18(9-7-12)14(19)17-13-5-3-4-11(15)10-13/h3-5,10,12,16H,2,6-9H2,1H3,(H,17,19). The molecule has 0 saturated carbocycles. The Bertz CT molecular complexity index is 430. The SMILES string of the molecule is CCNC1CCN(C(=O)Nc2cccc(F)c2)CC1. The van der Waals surface area contributed by atoms with Gasteiger partial charge in [-0.2, -0.15) is 0 Å². The van der Waals surface area contributed by atoms with Crippen molar-refractivity contribution in [3.05, 3.63) is 30.1 Å². The van der Waals surface area contributed by atoms with Crippen molar-refractivity contribution >= 4 is 11.7 Å². The maximum absolute atomic E-state index is 13.0. The molecule has 0 bridgehead atoms. The Labute approximate surface area is 113 Å². The number of likely N-dealkylation sites (tertiary alicyclic amines) is 1. The molecule has 1 heterocycles. The zero-order chi connectivity index (χ0) is 13.7. The molecule has 5 heteroatoms. The van der Waals surface area contributed by atoms with E-state index in [9.17, 15) is 9.18 Å². The quantitative estimate of drug-likeness (QED) is 0.881. The first-order chi connectivity index (χ1) is 9.19. The average molecular weight is 265 g/mol. The van der Waals surface area contributed by atoms with Crippen molar-refractivity contribution in [3.63, 3.8) is 0 Å². The average Bonchev–Trinajstić information content (AvgIpc) is 2.40. The molecule has 0 aromatic heterocycles. The van der Waals surface area contributed by atoms with Gasteiger partial charge in [0, 0.05) is 24.8 Å². The topological polar surface area (TPSA) is 44.4 Å². The molecule has 1 aliphatic rings. The van der Waals surface area contributed by atoms with E-state index in [-0.39, 0.29) is 11.8 Å². The van der Waals surface area contributed by atoms with Crippen molar-refractivity contribution in [2.75, 3.05) is 25.0 Å². The van der Waals surface area contributed by atoms with E-state index in [0.29, 0.717) is 11.7 Å². The molecule has 1 aromatic rings. The van der Waals surface area contributed by atoms with Crippen molar-refractivity contribution in [2.24, 2.45) is 0 Å². The number of halogens is 1. The van der Waals surface area contributed by atoms with E-state index in [4.69, 9.17) is 0 Å². The van der Waals surface area contributed by atoms with Gasteiger partial charge in [-0.25, -0.2) is 9.18 Å². The van der Waals surface area contributed by atoms with Crippen LogP contribution < -0.4 is 10.6 Å². The Morgan fingerprint density at radius 2 is 2.16 bits per heavy atom. The van der Waals surface area contributed by atoms with Gasteiger partial charge in [0.05, 0.1) is 0 Å². The van der Waals surface area contributed by atoms with Gasteiger partial charge in [-0.3, -0.25) is 0 Å². The summed E-state index contributed by atoms with van der Waals surface area (Å²) in [6, 6.07) is 6.30. The number of carbonyl (C=O) groups is 1. The summed E-state index contributed by atoms with van der Waals surface area (Å²) in [5, 5.41) is 6.12. The fourth-order valence-corrected chi connectivity index (χ4v) is 2.34. The molecule has 0 spiro atoms. The molecule has 4 nitrogen and oxygen atoms in total. The Morgan fingerprint density at radius 3 is 2.79 bits per heavy atom. The normalized spacial score (nSPS) is 16.4. The number of rotatable bonds is 3. The van der Waals surface area contributed by atoms with Crippen molar-refractivity contribution in [3.8, 4) is 0 Å². The van der Waals surface area contributed by atoms with E-state index in [1.54, 1.807) is 17.0 Å². The lowest BCUT2D eigenvalue weighted by Gasteiger charge is -2.32. The van der Waals surface area contributed by atoms with Crippen LogP contribution in [0.5, 0.6) is 0 Å². The summed E-state index contributed by atoms with van der Waals surface area (Å²) in [7, 11) is 0. The summed E-state index contributed by atoms with van der Waals surface area (Å²) in [5.74, 6) is -0.344. The Kier molecular flexibility index (Phi) is 4.74. The van der Waals surface area contributed by atoms with E-state index in [1.807, 2.05) is 0 Å².